The van der Waals surface area contributed by atoms with Gasteiger partial charge in [-0.05, 0) is 64.8 Å². The maximum absolute atomic E-state index is 13.5. The van der Waals surface area contributed by atoms with Crippen LogP contribution < -0.4 is 20.3 Å². The van der Waals surface area contributed by atoms with Gasteiger partial charge in [-0.15, -0.1) is 0 Å². The SMILES string of the molecule is COc1ccc(N2C[C@@]34C=C[C@H](O3)C(C(=O)NC3CC(C)(C)NC(C)(C)C3)[C@H]4C2=O)cc1. The van der Waals surface area contributed by atoms with E-state index in [1.54, 1.807) is 12.0 Å². The molecule has 3 saturated heterocycles. The van der Waals surface area contributed by atoms with Crippen molar-refractivity contribution in [3.05, 3.63) is 36.4 Å². The third-order valence-electron chi connectivity index (χ3n) is 7.32. The van der Waals surface area contributed by atoms with Crippen molar-refractivity contribution in [1.29, 1.82) is 0 Å². The first-order valence-electron chi connectivity index (χ1n) is 11.4. The zero-order chi connectivity index (χ0) is 22.9. The van der Waals surface area contributed by atoms with E-state index in [2.05, 4.69) is 38.3 Å². The van der Waals surface area contributed by atoms with Crippen molar-refractivity contribution >= 4 is 17.5 Å². The van der Waals surface area contributed by atoms with Gasteiger partial charge in [-0.25, -0.2) is 0 Å². The Morgan fingerprint density at radius 1 is 1.16 bits per heavy atom. The molecule has 0 aromatic heterocycles. The molecule has 1 aromatic rings. The van der Waals surface area contributed by atoms with E-state index in [0.717, 1.165) is 24.3 Å². The summed E-state index contributed by atoms with van der Waals surface area (Å²) in [4.78, 5) is 28.8. The Hall–Kier alpha value is -2.38. The molecule has 7 nitrogen and oxygen atoms in total. The number of amides is 2. The van der Waals surface area contributed by atoms with Crippen LogP contribution in [-0.2, 0) is 14.3 Å². The van der Waals surface area contributed by atoms with Gasteiger partial charge in [0, 0.05) is 22.8 Å². The number of rotatable bonds is 4. The van der Waals surface area contributed by atoms with E-state index in [1.807, 2.05) is 36.4 Å². The molecule has 1 unspecified atom stereocenters. The molecule has 7 heteroatoms. The highest BCUT2D eigenvalue weighted by Crippen LogP contribution is 2.52. The molecular weight excluding hydrogens is 406 g/mol. The maximum Gasteiger partial charge on any atom is 0.234 e. The van der Waals surface area contributed by atoms with Crippen molar-refractivity contribution in [3.63, 3.8) is 0 Å². The van der Waals surface area contributed by atoms with Crippen LogP contribution in [0, 0.1) is 11.8 Å². The van der Waals surface area contributed by atoms with E-state index in [1.165, 1.54) is 0 Å². The summed E-state index contributed by atoms with van der Waals surface area (Å²) in [5.74, 6) is -0.386. The van der Waals surface area contributed by atoms with Crippen LogP contribution in [0.4, 0.5) is 5.69 Å². The standard InChI is InChI=1S/C25H33N3O4/c1-23(2)12-15(13-24(3,4)27-23)26-21(29)19-18-10-11-25(32-18)14-28(22(30)20(19)25)16-6-8-17(31-5)9-7-16/h6-11,15,18-20,27H,12-14H2,1-5H3,(H,26,29)/t18-,19?,20-,25+/m0/s1. The van der Waals surface area contributed by atoms with Crippen molar-refractivity contribution in [1.82, 2.24) is 10.6 Å². The summed E-state index contributed by atoms with van der Waals surface area (Å²) < 4.78 is 11.5. The average Bonchev–Trinajstić information content (AvgIpc) is 3.34. The minimum absolute atomic E-state index is 0.0480. The predicted molar refractivity (Wildman–Crippen MR) is 122 cm³/mol. The van der Waals surface area contributed by atoms with Crippen molar-refractivity contribution in [2.24, 2.45) is 11.8 Å². The highest BCUT2D eigenvalue weighted by atomic mass is 16.5. The van der Waals surface area contributed by atoms with Crippen molar-refractivity contribution < 1.29 is 19.1 Å². The van der Waals surface area contributed by atoms with Gasteiger partial charge in [0.05, 0.1) is 31.6 Å². The zero-order valence-corrected chi connectivity index (χ0v) is 19.5. The van der Waals surface area contributed by atoms with Crippen LogP contribution in [0.1, 0.15) is 40.5 Å². The van der Waals surface area contributed by atoms with E-state index in [-0.39, 0.29) is 35.0 Å². The van der Waals surface area contributed by atoms with E-state index < -0.39 is 17.4 Å². The number of hydrogen-bond donors (Lipinski definition) is 2. The van der Waals surface area contributed by atoms with Crippen molar-refractivity contribution in [2.45, 2.75) is 69.4 Å². The van der Waals surface area contributed by atoms with Crippen molar-refractivity contribution in [2.75, 3.05) is 18.6 Å². The summed E-state index contributed by atoms with van der Waals surface area (Å²) in [7, 11) is 1.62. The quantitative estimate of drug-likeness (QED) is 0.705. The van der Waals surface area contributed by atoms with Gasteiger partial charge in [0.2, 0.25) is 11.8 Å². The number of anilines is 1. The number of hydrogen-bond acceptors (Lipinski definition) is 5. The smallest absolute Gasteiger partial charge is 0.234 e. The molecule has 4 atom stereocenters. The molecule has 1 aromatic carbocycles. The third-order valence-corrected chi connectivity index (χ3v) is 7.32. The summed E-state index contributed by atoms with van der Waals surface area (Å²) in [6.45, 7) is 9.09. The Morgan fingerprint density at radius 3 is 2.44 bits per heavy atom. The number of nitrogens with zero attached hydrogens (tertiary/aromatic N) is 1. The zero-order valence-electron chi connectivity index (χ0n) is 19.5. The lowest BCUT2D eigenvalue weighted by atomic mass is 9.75. The van der Waals surface area contributed by atoms with Gasteiger partial charge in [0.15, 0.2) is 0 Å². The summed E-state index contributed by atoms with van der Waals surface area (Å²) in [6, 6.07) is 7.49. The first-order chi connectivity index (χ1) is 15.0. The van der Waals surface area contributed by atoms with Crippen LogP contribution >= 0.6 is 0 Å². The molecule has 3 fully saturated rings. The monoisotopic (exact) mass is 439 g/mol. The summed E-state index contributed by atoms with van der Waals surface area (Å²) in [5, 5.41) is 6.93. The summed E-state index contributed by atoms with van der Waals surface area (Å²) in [6.07, 6.45) is 5.30. The van der Waals surface area contributed by atoms with Gasteiger partial charge >= 0.3 is 0 Å². The lowest BCUT2D eigenvalue weighted by Gasteiger charge is -2.47. The largest absolute Gasteiger partial charge is 0.497 e. The molecule has 4 heterocycles. The number of nitrogens with one attached hydrogen (secondary N) is 2. The van der Waals surface area contributed by atoms with Gasteiger partial charge in [0.25, 0.3) is 0 Å². The van der Waals surface area contributed by atoms with Gasteiger partial charge < -0.3 is 25.0 Å². The number of benzene rings is 1. The molecule has 0 saturated carbocycles. The molecule has 172 valence electrons. The van der Waals surface area contributed by atoms with E-state index in [4.69, 9.17) is 9.47 Å². The molecule has 2 bridgehead atoms. The molecule has 4 aliphatic heterocycles. The second-order valence-electron chi connectivity index (χ2n) is 11.0. The van der Waals surface area contributed by atoms with Gasteiger partial charge in [-0.3, -0.25) is 9.59 Å². The average molecular weight is 440 g/mol. The van der Waals surface area contributed by atoms with E-state index >= 15 is 0 Å². The molecule has 1 spiro atoms. The molecular formula is C25H33N3O4. The second-order valence-corrected chi connectivity index (χ2v) is 11.0. The van der Waals surface area contributed by atoms with Gasteiger partial charge in [-0.1, -0.05) is 12.2 Å². The molecule has 32 heavy (non-hydrogen) atoms. The van der Waals surface area contributed by atoms with E-state index in [0.29, 0.717) is 6.54 Å². The second kappa shape index (κ2) is 7.06. The molecule has 4 aliphatic rings. The fourth-order valence-electron chi connectivity index (χ4n) is 6.50. The highest BCUT2D eigenvalue weighted by Gasteiger charge is 2.67. The molecule has 0 aliphatic carbocycles. The minimum atomic E-state index is -0.726. The molecule has 2 N–H and O–H groups in total. The van der Waals surface area contributed by atoms with Gasteiger partial charge in [0.1, 0.15) is 11.4 Å². The summed E-state index contributed by atoms with van der Waals surface area (Å²) in [5.41, 5.74) is -0.0714. The number of methoxy groups -OCH3 is 1. The molecule has 5 rings (SSSR count). The Bertz CT molecular complexity index is 954. The number of ether oxygens (including phenoxy) is 2. The Balaban J connectivity index is 1.36. The van der Waals surface area contributed by atoms with Crippen LogP contribution in [0.3, 0.4) is 0 Å². The predicted octanol–water partition coefficient (Wildman–Crippen LogP) is 2.41. The fraction of sp³-hybridized carbons (Fsp3) is 0.600. The van der Waals surface area contributed by atoms with Crippen LogP contribution in [0.25, 0.3) is 0 Å². The highest BCUT2D eigenvalue weighted by molar-refractivity contribution is 6.03. The fourth-order valence-corrected chi connectivity index (χ4v) is 6.50. The molecule has 0 radical (unpaired) electrons. The minimum Gasteiger partial charge on any atom is -0.497 e. The van der Waals surface area contributed by atoms with Crippen LogP contribution in [0.5, 0.6) is 5.75 Å². The Morgan fingerprint density at radius 2 is 1.81 bits per heavy atom. The number of piperidine rings is 1. The Labute approximate surface area is 189 Å². The summed E-state index contributed by atoms with van der Waals surface area (Å²) >= 11 is 0. The lowest BCUT2D eigenvalue weighted by Crippen LogP contribution is -2.62. The van der Waals surface area contributed by atoms with Crippen LogP contribution in [0.15, 0.2) is 36.4 Å². The number of carbonyl (C=O) groups is 2. The Kier molecular flexibility index (Phi) is 4.73. The van der Waals surface area contributed by atoms with E-state index in [9.17, 15) is 9.59 Å². The van der Waals surface area contributed by atoms with Gasteiger partial charge in [-0.2, -0.15) is 0 Å². The lowest BCUT2D eigenvalue weighted by molar-refractivity contribution is -0.132. The van der Waals surface area contributed by atoms with Crippen molar-refractivity contribution in [3.8, 4) is 5.75 Å². The first-order valence-corrected chi connectivity index (χ1v) is 11.4. The maximum atomic E-state index is 13.5. The number of fused-ring (bicyclic) bond motifs is 1. The normalized spacial score (nSPS) is 34.6. The molecule has 2 amide bonds. The first kappa shape index (κ1) is 21.5. The van der Waals surface area contributed by atoms with Crippen LogP contribution in [-0.4, -0.2) is 54.3 Å². The topological polar surface area (TPSA) is 79.9 Å². The van der Waals surface area contributed by atoms with Crippen LogP contribution in [0.2, 0.25) is 0 Å². The third kappa shape index (κ3) is 3.42. The number of carbonyl (C=O) groups excluding carboxylic acids is 2.